The van der Waals surface area contributed by atoms with Crippen LogP contribution in [-0.4, -0.2) is 17.1 Å². The molecule has 0 aliphatic rings. The third kappa shape index (κ3) is 2.55. The highest BCUT2D eigenvalue weighted by atomic mass is 19.1. The number of methoxy groups -OCH3 is 1. The quantitative estimate of drug-likeness (QED) is 0.748. The molecule has 3 rings (SSSR count). The third-order valence-corrected chi connectivity index (χ3v) is 2.91. The molecule has 0 fully saturated rings. The van der Waals surface area contributed by atoms with Crippen LogP contribution in [0, 0.1) is 5.82 Å². The van der Waals surface area contributed by atoms with Gasteiger partial charge >= 0.3 is 0 Å². The van der Waals surface area contributed by atoms with Crippen molar-refractivity contribution in [3.63, 3.8) is 0 Å². The van der Waals surface area contributed by atoms with Crippen molar-refractivity contribution in [1.82, 2.24) is 9.97 Å². The van der Waals surface area contributed by atoms with Crippen LogP contribution >= 0.6 is 0 Å². The van der Waals surface area contributed by atoms with Gasteiger partial charge in [0.05, 0.1) is 12.6 Å². The summed E-state index contributed by atoms with van der Waals surface area (Å²) in [6.45, 7) is 0. The van der Waals surface area contributed by atoms with E-state index in [4.69, 9.17) is 15.2 Å². The van der Waals surface area contributed by atoms with Crippen molar-refractivity contribution in [3.8, 4) is 17.4 Å². The number of ether oxygens (including phenoxy) is 2. The van der Waals surface area contributed by atoms with Crippen LogP contribution in [0.1, 0.15) is 0 Å². The monoisotopic (exact) mass is 285 g/mol. The molecule has 2 aromatic heterocycles. The summed E-state index contributed by atoms with van der Waals surface area (Å²) in [5.41, 5.74) is 6.97. The molecule has 0 aliphatic carbocycles. The number of nitrogen functional groups attached to an aromatic ring is 1. The summed E-state index contributed by atoms with van der Waals surface area (Å²) >= 11 is 0. The van der Waals surface area contributed by atoms with E-state index in [1.165, 1.54) is 19.2 Å². The first-order valence-corrected chi connectivity index (χ1v) is 6.20. The van der Waals surface area contributed by atoms with Gasteiger partial charge in [-0.15, -0.1) is 0 Å². The SMILES string of the molecule is COc1ccc2nccc(Oc3ccc(N)cc3F)c2n1. The van der Waals surface area contributed by atoms with E-state index in [1.54, 1.807) is 30.5 Å². The zero-order valence-electron chi connectivity index (χ0n) is 11.2. The van der Waals surface area contributed by atoms with E-state index in [-0.39, 0.29) is 5.75 Å². The average Bonchev–Trinajstić information content (AvgIpc) is 2.50. The van der Waals surface area contributed by atoms with Crippen LogP contribution < -0.4 is 15.2 Å². The Morgan fingerprint density at radius 2 is 1.95 bits per heavy atom. The molecule has 0 saturated heterocycles. The number of pyridine rings is 2. The fourth-order valence-corrected chi connectivity index (χ4v) is 1.90. The average molecular weight is 285 g/mol. The molecular weight excluding hydrogens is 273 g/mol. The van der Waals surface area contributed by atoms with E-state index in [0.29, 0.717) is 28.4 Å². The second-order valence-electron chi connectivity index (χ2n) is 4.32. The molecule has 0 aliphatic heterocycles. The van der Waals surface area contributed by atoms with Crippen molar-refractivity contribution < 1.29 is 13.9 Å². The second kappa shape index (κ2) is 5.24. The molecular formula is C15H12FN3O2. The van der Waals surface area contributed by atoms with Gasteiger partial charge in [-0.25, -0.2) is 9.37 Å². The van der Waals surface area contributed by atoms with E-state index in [9.17, 15) is 4.39 Å². The first kappa shape index (κ1) is 13.1. The molecule has 0 radical (unpaired) electrons. The predicted octanol–water partition coefficient (Wildman–Crippen LogP) is 3.15. The Bertz CT molecular complexity index is 808. The number of hydrogen-bond acceptors (Lipinski definition) is 5. The predicted molar refractivity (Wildman–Crippen MR) is 77.0 cm³/mol. The van der Waals surface area contributed by atoms with E-state index in [0.717, 1.165) is 0 Å². The highest BCUT2D eigenvalue weighted by Crippen LogP contribution is 2.30. The van der Waals surface area contributed by atoms with Gasteiger partial charge in [0.2, 0.25) is 5.88 Å². The first-order valence-electron chi connectivity index (χ1n) is 6.20. The normalized spacial score (nSPS) is 10.6. The summed E-state index contributed by atoms with van der Waals surface area (Å²) in [5.74, 6) is 0.352. The summed E-state index contributed by atoms with van der Waals surface area (Å²) in [6.07, 6.45) is 1.57. The summed E-state index contributed by atoms with van der Waals surface area (Å²) in [5, 5.41) is 0. The van der Waals surface area contributed by atoms with E-state index in [1.807, 2.05) is 0 Å². The summed E-state index contributed by atoms with van der Waals surface area (Å²) in [4.78, 5) is 8.46. The largest absolute Gasteiger partial charge is 0.481 e. The van der Waals surface area contributed by atoms with E-state index in [2.05, 4.69) is 9.97 Å². The van der Waals surface area contributed by atoms with Gasteiger partial charge in [-0.2, -0.15) is 0 Å². The minimum Gasteiger partial charge on any atom is -0.481 e. The third-order valence-electron chi connectivity index (χ3n) is 2.91. The number of anilines is 1. The van der Waals surface area contributed by atoms with Gasteiger partial charge in [0.25, 0.3) is 0 Å². The van der Waals surface area contributed by atoms with Crippen molar-refractivity contribution in [2.75, 3.05) is 12.8 Å². The number of fused-ring (bicyclic) bond motifs is 1. The lowest BCUT2D eigenvalue weighted by atomic mass is 10.3. The Hall–Kier alpha value is -2.89. The number of halogens is 1. The zero-order valence-corrected chi connectivity index (χ0v) is 11.2. The van der Waals surface area contributed by atoms with Gasteiger partial charge in [0.1, 0.15) is 5.52 Å². The molecule has 1 aromatic carbocycles. The molecule has 3 aromatic rings. The van der Waals surface area contributed by atoms with Gasteiger partial charge in [0.15, 0.2) is 17.3 Å². The van der Waals surface area contributed by atoms with Crippen LogP contribution in [0.5, 0.6) is 17.4 Å². The minimum absolute atomic E-state index is 0.0707. The molecule has 2 N–H and O–H groups in total. The van der Waals surface area contributed by atoms with Gasteiger partial charge in [-0.05, 0) is 18.2 Å². The molecule has 0 saturated carbocycles. The number of hydrogen-bond donors (Lipinski definition) is 1. The number of aromatic nitrogens is 2. The Labute approximate surface area is 120 Å². The maximum Gasteiger partial charge on any atom is 0.213 e. The van der Waals surface area contributed by atoms with Gasteiger partial charge in [-0.1, -0.05) is 0 Å². The molecule has 0 atom stereocenters. The number of nitrogens with two attached hydrogens (primary N) is 1. The van der Waals surface area contributed by atoms with Crippen molar-refractivity contribution in [2.45, 2.75) is 0 Å². The van der Waals surface area contributed by atoms with Crippen molar-refractivity contribution >= 4 is 16.7 Å². The fraction of sp³-hybridized carbons (Fsp3) is 0.0667. The molecule has 6 heteroatoms. The van der Waals surface area contributed by atoms with Crippen LogP contribution in [0.15, 0.2) is 42.6 Å². The highest BCUT2D eigenvalue weighted by Gasteiger charge is 2.10. The van der Waals surface area contributed by atoms with Gasteiger partial charge in [-0.3, -0.25) is 4.98 Å². The van der Waals surface area contributed by atoms with Gasteiger partial charge in [0, 0.05) is 30.1 Å². The molecule has 0 amide bonds. The maximum absolute atomic E-state index is 13.8. The van der Waals surface area contributed by atoms with Crippen LogP contribution in [0.3, 0.4) is 0 Å². The highest BCUT2D eigenvalue weighted by molar-refractivity contribution is 5.81. The van der Waals surface area contributed by atoms with Crippen molar-refractivity contribution in [2.24, 2.45) is 0 Å². The van der Waals surface area contributed by atoms with Crippen LogP contribution in [-0.2, 0) is 0 Å². The standard InChI is InChI=1S/C15H12FN3O2/c1-20-14-5-3-11-15(19-14)13(6-7-18-11)21-12-4-2-9(17)8-10(12)16/h2-8H,17H2,1H3. The molecule has 106 valence electrons. The smallest absolute Gasteiger partial charge is 0.213 e. The topological polar surface area (TPSA) is 70.3 Å². The fourth-order valence-electron chi connectivity index (χ4n) is 1.90. The Morgan fingerprint density at radius 1 is 1.10 bits per heavy atom. The molecule has 0 spiro atoms. The van der Waals surface area contributed by atoms with E-state index < -0.39 is 5.82 Å². The van der Waals surface area contributed by atoms with Crippen LogP contribution in [0.2, 0.25) is 0 Å². The zero-order chi connectivity index (χ0) is 14.8. The summed E-state index contributed by atoms with van der Waals surface area (Å²) in [7, 11) is 1.52. The maximum atomic E-state index is 13.8. The van der Waals surface area contributed by atoms with Crippen molar-refractivity contribution in [1.29, 1.82) is 0 Å². The molecule has 0 unspecified atom stereocenters. The van der Waals surface area contributed by atoms with Crippen molar-refractivity contribution in [3.05, 3.63) is 48.4 Å². The minimum atomic E-state index is -0.539. The summed E-state index contributed by atoms with van der Waals surface area (Å²) in [6, 6.07) is 9.31. The summed E-state index contributed by atoms with van der Waals surface area (Å²) < 4.78 is 24.5. The Kier molecular flexibility index (Phi) is 3.27. The van der Waals surface area contributed by atoms with Crippen LogP contribution in [0.4, 0.5) is 10.1 Å². The number of rotatable bonds is 3. The Morgan fingerprint density at radius 3 is 2.71 bits per heavy atom. The first-order chi connectivity index (χ1) is 10.2. The molecule has 21 heavy (non-hydrogen) atoms. The van der Waals surface area contributed by atoms with E-state index >= 15 is 0 Å². The Balaban J connectivity index is 2.07. The lowest BCUT2D eigenvalue weighted by Crippen LogP contribution is -1.95. The van der Waals surface area contributed by atoms with Crippen LogP contribution in [0.25, 0.3) is 11.0 Å². The lowest BCUT2D eigenvalue weighted by Gasteiger charge is -2.09. The number of benzene rings is 1. The molecule has 2 heterocycles. The lowest BCUT2D eigenvalue weighted by molar-refractivity contribution is 0.398. The molecule has 5 nitrogen and oxygen atoms in total. The molecule has 0 bridgehead atoms. The van der Waals surface area contributed by atoms with Gasteiger partial charge < -0.3 is 15.2 Å². The number of nitrogens with zero attached hydrogens (tertiary/aromatic N) is 2. The second-order valence-corrected chi connectivity index (χ2v) is 4.32.